The second kappa shape index (κ2) is 6.31. The molecule has 0 radical (unpaired) electrons. The van der Waals surface area contributed by atoms with Crippen LogP contribution in [0.5, 0.6) is 0 Å². The Morgan fingerprint density at radius 1 is 1.35 bits per heavy atom. The molecule has 1 aromatic carbocycles. The van der Waals surface area contributed by atoms with E-state index in [-0.39, 0.29) is 21.4 Å². The monoisotopic (exact) mass is 361 g/mol. The molecule has 2 fully saturated rings. The molecule has 1 aliphatic heterocycles. The average molecular weight is 362 g/mol. The van der Waals surface area contributed by atoms with Gasteiger partial charge in [0.2, 0.25) is 10.0 Å². The van der Waals surface area contributed by atoms with Crippen LogP contribution in [0.1, 0.15) is 32.1 Å². The lowest BCUT2D eigenvalue weighted by Gasteiger charge is -2.43. The number of piperidine rings is 1. The van der Waals surface area contributed by atoms with Crippen LogP contribution in [0.3, 0.4) is 0 Å². The van der Waals surface area contributed by atoms with E-state index < -0.39 is 15.8 Å². The van der Waals surface area contributed by atoms with Crippen LogP contribution in [-0.4, -0.2) is 39.0 Å². The summed E-state index contributed by atoms with van der Waals surface area (Å²) in [7, 11) is -2.03. The molecular weight excluding hydrogens is 341 g/mol. The molecule has 0 bridgehead atoms. The Morgan fingerprint density at radius 3 is 2.78 bits per heavy atom. The molecule has 3 rings (SSSR count). The first-order valence-corrected chi connectivity index (χ1v) is 9.69. The van der Waals surface area contributed by atoms with Crippen LogP contribution < -0.4 is 0 Å². The van der Waals surface area contributed by atoms with Gasteiger partial charge in [-0.2, -0.15) is 4.31 Å². The smallest absolute Gasteiger partial charge is 0.244 e. The van der Waals surface area contributed by atoms with E-state index in [1.54, 1.807) is 7.11 Å². The van der Waals surface area contributed by atoms with Crippen molar-refractivity contribution >= 4 is 21.6 Å². The quantitative estimate of drug-likeness (QED) is 0.828. The Hall–Kier alpha value is -0.690. The molecule has 128 valence electrons. The number of ether oxygens (including phenoxy) is 1. The first kappa shape index (κ1) is 17.1. The maximum atomic E-state index is 13.2. The molecule has 2 aliphatic rings. The molecule has 23 heavy (non-hydrogen) atoms. The number of hydrogen-bond donors (Lipinski definition) is 0. The van der Waals surface area contributed by atoms with E-state index in [9.17, 15) is 12.8 Å². The van der Waals surface area contributed by atoms with Gasteiger partial charge in [-0.05, 0) is 43.9 Å². The highest BCUT2D eigenvalue weighted by molar-refractivity contribution is 7.89. The maximum Gasteiger partial charge on any atom is 0.244 e. The molecule has 1 heterocycles. The Labute approximate surface area is 141 Å². The molecule has 1 spiro atoms. The molecule has 1 saturated carbocycles. The van der Waals surface area contributed by atoms with E-state index >= 15 is 0 Å². The SMILES string of the molecule is CO[C@@H]1CCC[C@]12CCCN(S(=O)(=O)c1ccc(F)cc1Cl)C2. The van der Waals surface area contributed by atoms with Crippen molar-refractivity contribution < 1.29 is 17.5 Å². The third-order valence-electron chi connectivity index (χ3n) is 5.19. The summed E-state index contributed by atoms with van der Waals surface area (Å²) in [6.45, 7) is 0.912. The Kier molecular flexibility index (Phi) is 4.71. The van der Waals surface area contributed by atoms with E-state index in [1.807, 2.05) is 0 Å². The molecule has 1 aliphatic carbocycles. The van der Waals surface area contributed by atoms with Gasteiger partial charge in [0, 0.05) is 25.6 Å². The van der Waals surface area contributed by atoms with Gasteiger partial charge >= 0.3 is 0 Å². The lowest BCUT2D eigenvalue weighted by Crippen LogP contribution is -2.49. The third-order valence-corrected chi connectivity index (χ3v) is 7.52. The standard InChI is InChI=1S/C16H21ClFNO3S/c1-22-15-4-2-7-16(15)8-3-9-19(11-16)23(20,21)14-6-5-12(18)10-13(14)17/h5-6,10,15H,2-4,7-9,11H2,1H3/t15-,16-/m1/s1. The fourth-order valence-corrected chi connectivity index (χ4v) is 6.17. The average Bonchev–Trinajstić information content (AvgIpc) is 2.88. The van der Waals surface area contributed by atoms with E-state index in [4.69, 9.17) is 16.3 Å². The second-order valence-corrected chi connectivity index (χ2v) is 8.81. The summed E-state index contributed by atoms with van der Waals surface area (Å²) in [5.74, 6) is -0.542. The number of halogens is 2. The van der Waals surface area contributed by atoms with Gasteiger partial charge in [-0.15, -0.1) is 0 Å². The van der Waals surface area contributed by atoms with Crippen molar-refractivity contribution in [3.63, 3.8) is 0 Å². The zero-order valence-electron chi connectivity index (χ0n) is 13.1. The fraction of sp³-hybridized carbons (Fsp3) is 0.625. The van der Waals surface area contributed by atoms with Gasteiger partial charge in [-0.25, -0.2) is 12.8 Å². The highest BCUT2D eigenvalue weighted by atomic mass is 35.5. The van der Waals surface area contributed by atoms with E-state index in [1.165, 1.54) is 10.4 Å². The van der Waals surface area contributed by atoms with E-state index in [2.05, 4.69) is 0 Å². The van der Waals surface area contributed by atoms with Crippen LogP contribution in [0.25, 0.3) is 0 Å². The van der Waals surface area contributed by atoms with Crippen molar-refractivity contribution in [2.45, 2.75) is 43.1 Å². The second-order valence-electron chi connectivity index (χ2n) is 6.50. The van der Waals surface area contributed by atoms with Crippen molar-refractivity contribution in [3.05, 3.63) is 29.0 Å². The number of nitrogens with zero attached hydrogens (tertiary/aromatic N) is 1. The Morgan fingerprint density at radius 2 is 2.09 bits per heavy atom. The summed E-state index contributed by atoms with van der Waals surface area (Å²) < 4.78 is 46.2. The number of benzene rings is 1. The minimum atomic E-state index is -3.73. The molecule has 1 saturated heterocycles. The van der Waals surface area contributed by atoms with E-state index in [0.717, 1.165) is 44.2 Å². The van der Waals surface area contributed by atoms with Crippen molar-refractivity contribution in [2.75, 3.05) is 20.2 Å². The number of sulfonamides is 1. The lowest BCUT2D eigenvalue weighted by atomic mass is 9.77. The minimum Gasteiger partial charge on any atom is -0.381 e. The van der Waals surface area contributed by atoms with Crippen molar-refractivity contribution in [1.29, 1.82) is 0 Å². The summed E-state index contributed by atoms with van der Waals surface area (Å²) in [5, 5.41) is -0.0701. The molecule has 2 atom stereocenters. The lowest BCUT2D eigenvalue weighted by molar-refractivity contribution is -0.0184. The van der Waals surface area contributed by atoms with E-state index in [0.29, 0.717) is 13.1 Å². The summed E-state index contributed by atoms with van der Waals surface area (Å²) in [6.07, 6.45) is 4.90. The van der Waals surface area contributed by atoms with Gasteiger partial charge in [-0.1, -0.05) is 18.0 Å². The maximum absolute atomic E-state index is 13.2. The molecule has 1 aromatic rings. The van der Waals surface area contributed by atoms with Gasteiger partial charge in [0.1, 0.15) is 10.7 Å². The van der Waals surface area contributed by atoms with Crippen LogP contribution in [0, 0.1) is 11.2 Å². The molecule has 7 heteroatoms. The van der Waals surface area contributed by atoms with Crippen molar-refractivity contribution in [3.8, 4) is 0 Å². The van der Waals surface area contributed by atoms with Crippen LogP contribution >= 0.6 is 11.6 Å². The summed E-state index contributed by atoms with van der Waals surface area (Å²) in [4.78, 5) is -0.0235. The molecule has 0 aromatic heterocycles. The van der Waals surface area contributed by atoms with Gasteiger partial charge in [0.15, 0.2) is 0 Å². The van der Waals surface area contributed by atoms with Crippen molar-refractivity contribution in [1.82, 2.24) is 4.31 Å². The molecule has 0 unspecified atom stereocenters. The highest BCUT2D eigenvalue weighted by Crippen LogP contribution is 2.47. The minimum absolute atomic E-state index is 0.0235. The third kappa shape index (κ3) is 3.02. The first-order chi connectivity index (χ1) is 10.9. The van der Waals surface area contributed by atoms with Crippen LogP contribution in [0.4, 0.5) is 4.39 Å². The number of rotatable bonds is 3. The van der Waals surface area contributed by atoms with Crippen molar-refractivity contribution in [2.24, 2.45) is 5.41 Å². The Balaban J connectivity index is 1.91. The zero-order valence-corrected chi connectivity index (χ0v) is 14.7. The van der Waals surface area contributed by atoms with Gasteiger partial charge in [-0.3, -0.25) is 0 Å². The van der Waals surface area contributed by atoms with Crippen LogP contribution in [0.2, 0.25) is 5.02 Å². The predicted octanol–water partition coefficient (Wildman–Crippen LogP) is 3.45. The summed E-state index contributed by atoms with van der Waals surface area (Å²) in [6, 6.07) is 3.42. The summed E-state index contributed by atoms with van der Waals surface area (Å²) in [5.41, 5.74) is -0.105. The zero-order chi connectivity index (χ0) is 16.7. The van der Waals surface area contributed by atoms with Crippen LogP contribution in [-0.2, 0) is 14.8 Å². The summed E-state index contributed by atoms with van der Waals surface area (Å²) >= 11 is 5.97. The van der Waals surface area contributed by atoms with Crippen LogP contribution in [0.15, 0.2) is 23.1 Å². The fourth-order valence-electron chi connectivity index (χ4n) is 4.09. The number of hydrogen-bond acceptors (Lipinski definition) is 3. The Bertz CT molecular complexity index is 697. The van der Waals surface area contributed by atoms with Gasteiger partial charge in [0.25, 0.3) is 0 Å². The largest absolute Gasteiger partial charge is 0.381 e. The molecule has 0 amide bonds. The van der Waals surface area contributed by atoms with Gasteiger partial charge < -0.3 is 4.74 Å². The predicted molar refractivity (Wildman–Crippen MR) is 86.5 cm³/mol. The number of methoxy groups -OCH3 is 1. The molecule has 4 nitrogen and oxygen atoms in total. The normalized spacial score (nSPS) is 29.3. The highest BCUT2D eigenvalue weighted by Gasteiger charge is 2.48. The molecular formula is C16H21ClFNO3S. The molecule has 0 N–H and O–H groups in total. The topological polar surface area (TPSA) is 46.6 Å². The first-order valence-electron chi connectivity index (χ1n) is 7.87. The van der Waals surface area contributed by atoms with Gasteiger partial charge in [0.05, 0.1) is 11.1 Å².